The third-order valence-electron chi connectivity index (χ3n) is 4.92. The molecule has 0 spiro atoms. The molecule has 128 valence electrons. The minimum absolute atomic E-state index is 0.152. The molecular weight excluding hydrogens is 314 g/mol. The number of rotatable bonds is 6. The third kappa shape index (κ3) is 3.94. The van der Waals surface area contributed by atoms with Crippen molar-refractivity contribution in [2.45, 2.75) is 37.8 Å². The summed E-state index contributed by atoms with van der Waals surface area (Å²) in [6, 6.07) is 8.98. The van der Waals surface area contributed by atoms with Crippen molar-refractivity contribution >= 4 is 10.0 Å². The van der Waals surface area contributed by atoms with Crippen molar-refractivity contribution in [2.24, 2.45) is 5.92 Å². The van der Waals surface area contributed by atoms with E-state index in [0.717, 1.165) is 25.0 Å². The van der Waals surface area contributed by atoms with Crippen molar-refractivity contribution in [1.82, 2.24) is 4.31 Å². The van der Waals surface area contributed by atoms with Gasteiger partial charge in [-0.25, -0.2) is 8.42 Å². The standard InChI is InChI=1S/C17H25NO4S/c19-17(15-5-2-1-3-6-15)16-7-4-10-18(16)23(20,21)12-9-14-8-11-22-13-14/h1-3,5-6,14,16-17,19H,4,7-13H2. The lowest BCUT2D eigenvalue weighted by Crippen LogP contribution is -2.40. The highest BCUT2D eigenvalue weighted by atomic mass is 32.2. The van der Waals surface area contributed by atoms with Crippen LogP contribution < -0.4 is 0 Å². The molecule has 1 N–H and O–H groups in total. The molecule has 3 unspecified atom stereocenters. The molecule has 3 atom stereocenters. The Balaban J connectivity index is 1.67. The van der Waals surface area contributed by atoms with Gasteiger partial charge in [0.15, 0.2) is 0 Å². The zero-order chi connectivity index (χ0) is 16.3. The summed E-state index contributed by atoms with van der Waals surface area (Å²) in [5.74, 6) is 0.504. The van der Waals surface area contributed by atoms with Gasteiger partial charge < -0.3 is 9.84 Å². The largest absolute Gasteiger partial charge is 0.387 e. The Hall–Kier alpha value is -0.950. The maximum atomic E-state index is 12.7. The van der Waals surface area contributed by atoms with E-state index in [2.05, 4.69) is 0 Å². The fourth-order valence-electron chi connectivity index (χ4n) is 3.54. The van der Waals surface area contributed by atoms with Gasteiger partial charge in [-0.15, -0.1) is 0 Å². The fraction of sp³-hybridized carbons (Fsp3) is 0.647. The van der Waals surface area contributed by atoms with E-state index in [4.69, 9.17) is 4.74 Å². The highest BCUT2D eigenvalue weighted by Crippen LogP contribution is 2.32. The number of aliphatic hydroxyl groups is 1. The van der Waals surface area contributed by atoms with Gasteiger partial charge in [0.1, 0.15) is 0 Å². The molecule has 2 saturated heterocycles. The Labute approximate surface area is 138 Å². The van der Waals surface area contributed by atoms with Crippen LogP contribution in [-0.4, -0.2) is 49.4 Å². The van der Waals surface area contributed by atoms with Gasteiger partial charge in [0.05, 0.1) is 17.9 Å². The maximum absolute atomic E-state index is 12.7. The predicted molar refractivity (Wildman–Crippen MR) is 88.5 cm³/mol. The second-order valence-corrected chi connectivity index (χ2v) is 8.55. The molecule has 23 heavy (non-hydrogen) atoms. The van der Waals surface area contributed by atoms with Crippen LogP contribution in [0, 0.1) is 5.92 Å². The van der Waals surface area contributed by atoms with E-state index in [9.17, 15) is 13.5 Å². The monoisotopic (exact) mass is 339 g/mol. The van der Waals surface area contributed by atoms with Crippen LogP contribution in [0.5, 0.6) is 0 Å². The molecule has 1 aromatic carbocycles. The van der Waals surface area contributed by atoms with Gasteiger partial charge in [-0.2, -0.15) is 4.31 Å². The topological polar surface area (TPSA) is 66.8 Å². The zero-order valence-electron chi connectivity index (χ0n) is 13.3. The first-order valence-electron chi connectivity index (χ1n) is 8.38. The summed E-state index contributed by atoms with van der Waals surface area (Å²) in [6.45, 7) is 1.92. The van der Waals surface area contributed by atoms with Crippen LogP contribution in [0.1, 0.15) is 37.4 Å². The first-order chi connectivity index (χ1) is 11.1. The number of sulfonamides is 1. The van der Waals surface area contributed by atoms with Crippen LogP contribution in [0.3, 0.4) is 0 Å². The minimum atomic E-state index is -3.33. The van der Waals surface area contributed by atoms with Gasteiger partial charge in [0.25, 0.3) is 0 Å². The number of nitrogens with zero attached hydrogens (tertiary/aromatic N) is 1. The van der Waals surface area contributed by atoms with E-state index in [-0.39, 0.29) is 11.8 Å². The molecule has 0 amide bonds. The molecule has 2 heterocycles. The van der Waals surface area contributed by atoms with Crippen molar-refractivity contribution < 1.29 is 18.3 Å². The maximum Gasteiger partial charge on any atom is 0.214 e. The summed E-state index contributed by atoms with van der Waals surface area (Å²) in [5, 5.41) is 10.6. The second kappa shape index (κ2) is 7.30. The molecule has 0 aromatic heterocycles. The Kier molecular flexibility index (Phi) is 5.36. The summed E-state index contributed by atoms with van der Waals surface area (Å²) < 4.78 is 32.3. The number of benzene rings is 1. The molecular formula is C17H25NO4S. The molecule has 0 aliphatic carbocycles. The molecule has 2 aliphatic heterocycles. The SMILES string of the molecule is O=S(=O)(CCC1CCOC1)N1CCCC1C(O)c1ccccc1. The highest BCUT2D eigenvalue weighted by Gasteiger charge is 2.38. The van der Waals surface area contributed by atoms with Gasteiger partial charge in [-0.05, 0) is 37.2 Å². The minimum Gasteiger partial charge on any atom is -0.387 e. The van der Waals surface area contributed by atoms with Crippen LogP contribution in [0.2, 0.25) is 0 Å². The Morgan fingerprint density at radius 2 is 2.04 bits per heavy atom. The molecule has 0 radical (unpaired) electrons. The van der Waals surface area contributed by atoms with Gasteiger partial charge in [0, 0.05) is 19.8 Å². The van der Waals surface area contributed by atoms with Crippen LogP contribution in [0.15, 0.2) is 30.3 Å². The summed E-state index contributed by atoms with van der Waals surface area (Å²) in [5.41, 5.74) is 0.781. The molecule has 1 aromatic rings. The van der Waals surface area contributed by atoms with Gasteiger partial charge in [0.2, 0.25) is 10.0 Å². The van der Waals surface area contributed by atoms with E-state index in [0.29, 0.717) is 31.9 Å². The summed E-state index contributed by atoms with van der Waals surface area (Å²) in [4.78, 5) is 0. The smallest absolute Gasteiger partial charge is 0.214 e. The number of hydrogen-bond acceptors (Lipinski definition) is 4. The summed E-state index contributed by atoms with van der Waals surface area (Å²) in [6.07, 6.45) is 2.35. The predicted octanol–water partition coefficient (Wildman–Crippen LogP) is 1.94. The van der Waals surface area contributed by atoms with Gasteiger partial charge in [-0.3, -0.25) is 0 Å². The number of ether oxygens (including phenoxy) is 1. The van der Waals surface area contributed by atoms with Crippen molar-refractivity contribution in [3.05, 3.63) is 35.9 Å². The molecule has 5 nitrogen and oxygen atoms in total. The van der Waals surface area contributed by atoms with Gasteiger partial charge >= 0.3 is 0 Å². The van der Waals surface area contributed by atoms with Crippen molar-refractivity contribution in [3.8, 4) is 0 Å². The third-order valence-corrected chi connectivity index (χ3v) is 6.84. The first kappa shape index (κ1) is 16.9. The lowest BCUT2D eigenvalue weighted by atomic mass is 10.0. The van der Waals surface area contributed by atoms with Crippen LogP contribution in [-0.2, 0) is 14.8 Å². The summed E-state index contributed by atoms with van der Waals surface area (Å²) >= 11 is 0. The molecule has 3 rings (SSSR count). The second-order valence-electron chi connectivity index (χ2n) is 6.51. The summed E-state index contributed by atoms with van der Waals surface area (Å²) in [7, 11) is -3.33. The van der Waals surface area contributed by atoms with Crippen LogP contribution in [0.4, 0.5) is 0 Å². The first-order valence-corrected chi connectivity index (χ1v) is 9.99. The molecule has 0 saturated carbocycles. The zero-order valence-corrected chi connectivity index (χ0v) is 14.1. The fourth-order valence-corrected chi connectivity index (χ4v) is 5.45. The van der Waals surface area contributed by atoms with Crippen molar-refractivity contribution in [3.63, 3.8) is 0 Å². The Bertz CT molecular complexity index is 598. The van der Waals surface area contributed by atoms with Crippen LogP contribution in [0.25, 0.3) is 0 Å². The van der Waals surface area contributed by atoms with E-state index in [1.54, 1.807) is 0 Å². The van der Waals surface area contributed by atoms with E-state index < -0.39 is 16.1 Å². The lowest BCUT2D eigenvalue weighted by Gasteiger charge is -2.28. The van der Waals surface area contributed by atoms with Crippen LogP contribution >= 0.6 is 0 Å². The highest BCUT2D eigenvalue weighted by molar-refractivity contribution is 7.89. The quantitative estimate of drug-likeness (QED) is 0.860. The Morgan fingerprint density at radius 3 is 2.74 bits per heavy atom. The van der Waals surface area contributed by atoms with E-state index >= 15 is 0 Å². The van der Waals surface area contributed by atoms with Gasteiger partial charge in [-0.1, -0.05) is 30.3 Å². The molecule has 0 bridgehead atoms. The molecule has 2 fully saturated rings. The average Bonchev–Trinajstić information content (AvgIpc) is 3.25. The number of aliphatic hydroxyl groups excluding tert-OH is 1. The van der Waals surface area contributed by atoms with Crippen molar-refractivity contribution in [2.75, 3.05) is 25.5 Å². The Morgan fingerprint density at radius 1 is 1.26 bits per heavy atom. The van der Waals surface area contributed by atoms with E-state index in [1.165, 1.54) is 4.31 Å². The normalized spacial score (nSPS) is 27.3. The molecule has 6 heteroatoms. The number of hydrogen-bond donors (Lipinski definition) is 1. The van der Waals surface area contributed by atoms with E-state index in [1.807, 2.05) is 30.3 Å². The average molecular weight is 339 g/mol. The molecule has 2 aliphatic rings. The van der Waals surface area contributed by atoms with Crippen molar-refractivity contribution in [1.29, 1.82) is 0 Å². The lowest BCUT2D eigenvalue weighted by molar-refractivity contribution is 0.107.